The van der Waals surface area contributed by atoms with Crippen molar-refractivity contribution in [2.24, 2.45) is 19.8 Å². The molecule has 0 aliphatic rings. The van der Waals surface area contributed by atoms with Gasteiger partial charge in [0.05, 0.1) is 17.1 Å². The van der Waals surface area contributed by atoms with Gasteiger partial charge < -0.3 is 5.73 Å². The molecule has 0 saturated heterocycles. The zero-order chi connectivity index (χ0) is 15.1. The van der Waals surface area contributed by atoms with Crippen LogP contribution in [0.2, 0.25) is 0 Å². The quantitative estimate of drug-likeness (QED) is 0.776. The summed E-state index contributed by atoms with van der Waals surface area (Å²) in [6, 6.07) is 13.7. The van der Waals surface area contributed by atoms with E-state index in [0.717, 1.165) is 26.6 Å². The highest BCUT2D eigenvalue weighted by atomic mass is 79.9. The largest absolute Gasteiger partial charge is 0.328 e. The lowest BCUT2D eigenvalue weighted by atomic mass is 9.99. The molecule has 1 heterocycles. The minimum Gasteiger partial charge on any atom is -0.320 e. The van der Waals surface area contributed by atoms with Gasteiger partial charge in [0.2, 0.25) is 0 Å². The third-order valence-corrected chi connectivity index (χ3v) is 4.41. The maximum absolute atomic E-state index is 12.0. The molecule has 2 aromatic carbocycles. The smallest absolute Gasteiger partial charge is 0.320 e. The van der Waals surface area contributed by atoms with Crippen LogP contribution in [0.3, 0.4) is 0 Å². The van der Waals surface area contributed by atoms with E-state index in [-0.39, 0.29) is 11.7 Å². The molecule has 21 heavy (non-hydrogen) atoms. The summed E-state index contributed by atoms with van der Waals surface area (Å²) in [6.45, 7) is 0. The number of hydrogen-bond acceptors (Lipinski definition) is 2. The maximum Gasteiger partial charge on any atom is 0.328 e. The molecule has 108 valence electrons. The van der Waals surface area contributed by atoms with Crippen molar-refractivity contribution in [3.63, 3.8) is 0 Å². The third kappa shape index (κ3) is 2.32. The highest BCUT2D eigenvalue weighted by molar-refractivity contribution is 9.10. The Bertz CT molecular complexity index is 862. The molecule has 2 N–H and O–H groups in total. The molecule has 1 unspecified atom stereocenters. The number of aromatic nitrogens is 2. The molecule has 1 aromatic heterocycles. The average molecular weight is 346 g/mol. The number of aryl methyl sites for hydroxylation is 2. The van der Waals surface area contributed by atoms with Gasteiger partial charge in [-0.2, -0.15) is 0 Å². The molecule has 3 rings (SSSR count). The SMILES string of the molecule is Cn1c(=O)n(C)c2cc(C(N)c3ccc(Br)cc3)ccc21. The molecule has 5 heteroatoms. The zero-order valence-electron chi connectivity index (χ0n) is 11.9. The first kappa shape index (κ1) is 14.1. The summed E-state index contributed by atoms with van der Waals surface area (Å²) in [5, 5.41) is 0. The first-order chi connectivity index (χ1) is 9.99. The minimum absolute atomic E-state index is 0.0284. The van der Waals surface area contributed by atoms with Gasteiger partial charge in [0.25, 0.3) is 0 Å². The summed E-state index contributed by atoms with van der Waals surface area (Å²) in [4.78, 5) is 12.0. The van der Waals surface area contributed by atoms with Crippen LogP contribution in [0, 0.1) is 0 Å². The number of rotatable bonds is 2. The van der Waals surface area contributed by atoms with Crippen LogP contribution in [0.4, 0.5) is 0 Å². The van der Waals surface area contributed by atoms with Crippen molar-refractivity contribution < 1.29 is 0 Å². The van der Waals surface area contributed by atoms with Crippen LogP contribution in [0.5, 0.6) is 0 Å². The Morgan fingerprint density at radius 3 is 2.19 bits per heavy atom. The van der Waals surface area contributed by atoms with Crippen LogP contribution in [0.15, 0.2) is 51.7 Å². The Hall–Kier alpha value is -1.85. The van der Waals surface area contributed by atoms with E-state index in [1.54, 1.807) is 23.2 Å². The summed E-state index contributed by atoms with van der Waals surface area (Å²) in [7, 11) is 3.55. The lowest BCUT2D eigenvalue weighted by Gasteiger charge is -2.13. The molecule has 0 aliphatic heterocycles. The fourth-order valence-electron chi connectivity index (χ4n) is 2.58. The van der Waals surface area contributed by atoms with E-state index in [4.69, 9.17) is 5.73 Å². The predicted octanol–water partition coefficient (Wildman–Crippen LogP) is 2.69. The van der Waals surface area contributed by atoms with Gasteiger partial charge in [0.1, 0.15) is 0 Å². The Morgan fingerprint density at radius 2 is 1.52 bits per heavy atom. The van der Waals surface area contributed by atoms with E-state index in [2.05, 4.69) is 15.9 Å². The van der Waals surface area contributed by atoms with Gasteiger partial charge in [-0.15, -0.1) is 0 Å². The molecule has 0 radical (unpaired) electrons. The molecule has 0 bridgehead atoms. The van der Waals surface area contributed by atoms with Crippen LogP contribution in [0.25, 0.3) is 11.0 Å². The number of nitrogens with two attached hydrogens (primary N) is 1. The van der Waals surface area contributed by atoms with Crippen LogP contribution in [-0.4, -0.2) is 9.13 Å². The summed E-state index contributed by atoms with van der Waals surface area (Å²) in [5.41, 5.74) is 10.2. The second-order valence-corrected chi connectivity index (χ2v) is 6.09. The minimum atomic E-state index is -0.210. The number of nitrogens with zero attached hydrogens (tertiary/aromatic N) is 2. The first-order valence-corrected chi connectivity index (χ1v) is 7.45. The van der Waals surface area contributed by atoms with Gasteiger partial charge in [-0.1, -0.05) is 34.1 Å². The molecule has 0 fully saturated rings. The highest BCUT2D eigenvalue weighted by Gasteiger charge is 2.13. The van der Waals surface area contributed by atoms with E-state index < -0.39 is 0 Å². The Morgan fingerprint density at radius 1 is 0.952 bits per heavy atom. The second kappa shape index (κ2) is 5.16. The molecule has 0 saturated carbocycles. The Labute approximate surface area is 130 Å². The van der Waals surface area contributed by atoms with Gasteiger partial charge >= 0.3 is 5.69 Å². The summed E-state index contributed by atoms with van der Waals surface area (Å²) in [6.07, 6.45) is 0. The molecule has 4 nitrogen and oxygen atoms in total. The van der Waals surface area contributed by atoms with Crippen LogP contribution in [-0.2, 0) is 14.1 Å². The summed E-state index contributed by atoms with van der Waals surface area (Å²) < 4.78 is 4.32. The van der Waals surface area contributed by atoms with Gasteiger partial charge in [-0.3, -0.25) is 9.13 Å². The molecular formula is C16H16BrN3O. The van der Waals surface area contributed by atoms with Gasteiger partial charge in [-0.25, -0.2) is 4.79 Å². The molecular weight excluding hydrogens is 330 g/mol. The van der Waals surface area contributed by atoms with E-state index in [0.29, 0.717) is 0 Å². The number of hydrogen-bond donors (Lipinski definition) is 1. The van der Waals surface area contributed by atoms with Crippen molar-refractivity contribution in [1.29, 1.82) is 0 Å². The van der Waals surface area contributed by atoms with E-state index in [1.807, 2.05) is 42.5 Å². The summed E-state index contributed by atoms with van der Waals surface area (Å²) in [5.74, 6) is 0. The predicted molar refractivity (Wildman–Crippen MR) is 88.3 cm³/mol. The molecule has 1 atom stereocenters. The number of imidazole rings is 1. The maximum atomic E-state index is 12.0. The van der Waals surface area contributed by atoms with Crippen molar-refractivity contribution >= 4 is 27.0 Å². The van der Waals surface area contributed by atoms with Gasteiger partial charge in [0, 0.05) is 18.6 Å². The Balaban J connectivity index is 2.10. The first-order valence-electron chi connectivity index (χ1n) is 6.65. The third-order valence-electron chi connectivity index (χ3n) is 3.88. The van der Waals surface area contributed by atoms with E-state index in [9.17, 15) is 4.79 Å². The van der Waals surface area contributed by atoms with Crippen molar-refractivity contribution in [3.05, 3.63) is 68.5 Å². The molecule has 0 amide bonds. The van der Waals surface area contributed by atoms with Crippen LogP contribution >= 0.6 is 15.9 Å². The second-order valence-electron chi connectivity index (χ2n) is 5.18. The van der Waals surface area contributed by atoms with Crippen molar-refractivity contribution in [2.45, 2.75) is 6.04 Å². The van der Waals surface area contributed by atoms with Gasteiger partial charge in [0.15, 0.2) is 0 Å². The highest BCUT2D eigenvalue weighted by Crippen LogP contribution is 2.24. The van der Waals surface area contributed by atoms with Crippen molar-refractivity contribution in [2.75, 3.05) is 0 Å². The van der Waals surface area contributed by atoms with E-state index >= 15 is 0 Å². The van der Waals surface area contributed by atoms with Crippen LogP contribution in [0.1, 0.15) is 17.2 Å². The van der Waals surface area contributed by atoms with Crippen LogP contribution < -0.4 is 11.4 Å². The van der Waals surface area contributed by atoms with E-state index in [1.165, 1.54) is 0 Å². The number of benzene rings is 2. The lowest BCUT2D eigenvalue weighted by Crippen LogP contribution is -2.19. The van der Waals surface area contributed by atoms with Gasteiger partial charge in [-0.05, 0) is 35.4 Å². The molecule has 0 spiro atoms. The molecule has 0 aliphatic carbocycles. The van der Waals surface area contributed by atoms with Crippen molar-refractivity contribution in [3.8, 4) is 0 Å². The average Bonchev–Trinajstić information content (AvgIpc) is 2.72. The number of fused-ring (bicyclic) bond motifs is 1. The normalized spacial score (nSPS) is 12.8. The zero-order valence-corrected chi connectivity index (χ0v) is 13.5. The number of halogens is 1. The topological polar surface area (TPSA) is 53.0 Å². The standard InChI is InChI=1S/C16H16BrN3O/c1-19-13-8-5-11(9-14(13)20(2)16(19)21)15(18)10-3-6-12(17)7-4-10/h3-9,15H,18H2,1-2H3. The van der Waals surface area contributed by atoms with Crippen molar-refractivity contribution in [1.82, 2.24) is 9.13 Å². The fourth-order valence-corrected chi connectivity index (χ4v) is 2.84. The molecule has 3 aromatic rings. The summed E-state index contributed by atoms with van der Waals surface area (Å²) >= 11 is 3.42. The monoisotopic (exact) mass is 345 g/mol. The fraction of sp³-hybridized carbons (Fsp3) is 0.188. The lowest BCUT2D eigenvalue weighted by molar-refractivity contribution is 0.795. The Kier molecular flexibility index (Phi) is 3.47.